The molecule has 2 aromatic heterocycles. The second-order valence-corrected chi connectivity index (χ2v) is 9.45. The number of aromatic nitrogens is 2. The number of hydrogen-bond acceptors (Lipinski definition) is 5. The summed E-state index contributed by atoms with van der Waals surface area (Å²) in [5, 5.41) is 1.28. The fourth-order valence-electron chi connectivity index (χ4n) is 3.04. The lowest BCUT2D eigenvalue weighted by molar-refractivity contribution is -0.118. The van der Waals surface area contributed by atoms with Crippen molar-refractivity contribution < 1.29 is 9.18 Å². The summed E-state index contributed by atoms with van der Waals surface area (Å²) in [6.45, 7) is 2.27. The summed E-state index contributed by atoms with van der Waals surface area (Å²) in [5.74, 6) is 0.273. The van der Waals surface area contributed by atoms with Crippen LogP contribution in [0, 0.1) is 12.7 Å². The topological polar surface area (TPSA) is 46.1 Å². The van der Waals surface area contributed by atoms with E-state index in [0.29, 0.717) is 28.9 Å². The van der Waals surface area contributed by atoms with Crippen molar-refractivity contribution >= 4 is 56.0 Å². The first kappa shape index (κ1) is 21.7. The molecule has 8 heteroatoms. The van der Waals surface area contributed by atoms with Crippen LogP contribution < -0.4 is 4.90 Å². The molecule has 31 heavy (non-hydrogen) atoms. The van der Waals surface area contributed by atoms with Gasteiger partial charge in [-0.2, -0.15) is 0 Å². The smallest absolute Gasteiger partial charge is 0.229 e. The minimum atomic E-state index is -0.270. The lowest BCUT2D eigenvalue weighted by atomic mass is 10.2. The molecule has 158 valence electrons. The van der Waals surface area contributed by atoms with Crippen LogP contribution in [0.5, 0.6) is 0 Å². The molecule has 2 heterocycles. The zero-order chi connectivity index (χ0) is 21.8. The number of aryl methyl sites for hydroxylation is 1. The molecule has 4 nitrogen and oxygen atoms in total. The SMILES string of the molecule is Cc1c(Cl)ccc2sc(N(Cc3ccccn3)C(=O)CCSc3ccc(F)cc3)nc12. The molecule has 0 unspecified atom stereocenters. The minimum Gasteiger partial charge on any atom is -0.282 e. The zero-order valence-corrected chi connectivity index (χ0v) is 19.1. The van der Waals surface area contributed by atoms with Crippen LogP contribution in [0.4, 0.5) is 9.52 Å². The normalized spacial score (nSPS) is 11.1. The molecule has 0 fully saturated rings. The molecule has 0 aliphatic carbocycles. The lowest BCUT2D eigenvalue weighted by Gasteiger charge is -2.19. The van der Waals surface area contributed by atoms with Crippen molar-refractivity contribution in [2.75, 3.05) is 10.7 Å². The number of thiazole rings is 1. The molecule has 0 saturated heterocycles. The first-order chi connectivity index (χ1) is 15.0. The van der Waals surface area contributed by atoms with Crippen LogP contribution >= 0.6 is 34.7 Å². The summed E-state index contributed by atoms with van der Waals surface area (Å²) in [5.41, 5.74) is 2.50. The largest absolute Gasteiger partial charge is 0.282 e. The highest BCUT2D eigenvalue weighted by atomic mass is 35.5. The number of carbonyl (C=O) groups is 1. The van der Waals surface area contributed by atoms with Crippen molar-refractivity contribution in [2.24, 2.45) is 0 Å². The number of benzene rings is 2. The van der Waals surface area contributed by atoms with Crippen molar-refractivity contribution in [1.29, 1.82) is 0 Å². The predicted octanol–water partition coefficient (Wildman–Crippen LogP) is 6.51. The van der Waals surface area contributed by atoms with Gasteiger partial charge in [0.15, 0.2) is 5.13 Å². The number of fused-ring (bicyclic) bond motifs is 1. The summed E-state index contributed by atoms with van der Waals surface area (Å²) in [6.07, 6.45) is 2.04. The monoisotopic (exact) mass is 471 g/mol. The number of anilines is 1. The Morgan fingerprint density at radius 3 is 2.71 bits per heavy atom. The van der Waals surface area contributed by atoms with E-state index >= 15 is 0 Å². The van der Waals surface area contributed by atoms with Crippen LogP contribution in [-0.2, 0) is 11.3 Å². The highest BCUT2D eigenvalue weighted by Crippen LogP contribution is 2.34. The summed E-state index contributed by atoms with van der Waals surface area (Å²) >= 11 is 9.24. The summed E-state index contributed by atoms with van der Waals surface area (Å²) in [7, 11) is 0. The van der Waals surface area contributed by atoms with Gasteiger partial charge in [-0.05, 0) is 61.0 Å². The average molecular weight is 472 g/mol. The van der Waals surface area contributed by atoms with Crippen LogP contribution in [0.1, 0.15) is 17.7 Å². The van der Waals surface area contributed by atoms with Gasteiger partial charge in [0.1, 0.15) is 5.82 Å². The average Bonchev–Trinajstić information content (AvgIpc) is 3.21. The number of thioether (sulfide) groups is 1. The van der Waals surface area contributed by atoms with Gasteiger partial charge in [0.2, 0.25) is 5.91 Å². The molecule has 2 aromatic carbocycles. The summed E-state index contributed by atoms with van der Waals surface area (Å²) in [4.78, 5) is 24.9. The van der Waals surface area contributed by atoms with Gasteiger partial charge in [-0.1, -0.05) is 29.0 Å². The molecule has 0 N–H and O–H groups in total. The number of pyridine rings is 1. The Morgan fingerprint density at radius 2 is 1.97 bits per heavy atom. The Hall–Kier alpha value is -2.48. The number of halogens is 2. The van der Waals surface area contributed by atoms with Gasteiger partial charge in [-0.25, -0.2) is 9.37 Å². The van der Waals surface area contributed by atoms with Gasteiger partial charge in [0.25, 0.3) is 0 Å². The Kier molecular flexibility index (Phi) is 6.85. The van der Waals surface area contributed by atoms with E-state index in [1.54, 1.807) is 23.2 Å². The van der Waals surface area contributed by atoms with E-state index in [4.69, 9.17) is 16.6 Å². The molecule has 0 saturated carbocycles. The fourth-order valence-corrected chi connectivity index (χ4v) is 5.08. The zero-order valence-electron chi connectivity index (χ0n) is 16.7. The van der Waals surface area contributed by atoms with Crippen molar-refractivity contribution in [3.05, 3.63) is 82.9 Å². The van der Waals surface area contributed by atoms with Crippen LogP contribution in [0.15, 0.2) is 65.7 Å². The van der Waals surface area contributed by atoms with E-state index in [1.807, 2.05) is 37.3 Å². The third kappa shape index (κ3) is 5.23. The van der Waals surface area contributed by atoms with E-state index in [-0.39, 0.29) is 11.7 Å². The first-order valence-electron chi connectivity index (χ1n) is 9.65. The molecule has 0 bridgehead atoms. The fraction of sp³-hybridized carbons (Fsp3) is 0.174. The molecular weight excluding hydrogens is 453 g/mol. The first-order valence-corrected chi connectivity index (χ1v) is 11.8. The molecular formula is C23H19ClFN3OS2. The molecule has 4 rings (SSSR count). The van der Waals surface area contributed by atoms with Crippen LogP contribution in [0.2, 0.25) is 5.02 Å². The third-order valence-electron chi connectivity index (χ3n) is 4.71. The molecule has 0 atom stereocenters. The highest BCUT2D eigenvalue weighted by Gasteiger charge is 2.21. The van der Waals surface area contributed by atoms with Crippen LogP contribution in [0.25, 0.3) is 10.2 Å². The highest BCUT2D eigenvalue weighted by molar-refractivity contribution is 7.99. The standard InChI is InChI=1S/C23H19ClFN3OS2/c1-15-19(24)9-10-20-22(15)27-23(31-20)28(14-17-4-2-3-12-26-17)21(29)11-13-30-18-7-5-16(25)6-8-18/h2-10,12H,11,13-14H2,1H3. The molecule has 1 amide bonds. The van der Waals surface area contributed by atoms with Gasteiger partial charge in [-0.15, -0.1) is 11.8 Å². The maximum absolute atomic E-state index is 13.2. The van der Waals surface area contributed by atoms with Gasteiger partial charge < -0.3 is 0 Å². The van der Waals surface area contributed by atoms with Crippen LogP contribution in [0.3, 0.4) is 0 Å². The maximum Gasteiger partial charge on any atom is 0.229 e. The minimum absolute atomic E-state index is 0.0388. The Balaban J connectivity index is 1.56. The Bertz CT molecular complexity index is 1200. The lowest BCUT2D eigenvalue weighted by Crippen LogP contribution is -2.30. The second-order valence-electron chi connectivity index (χ2n) is 6.87. The quantitative estimate of drug-likeness (QED) is 0.288. The van der Waals surface area contributed by atoms with E-state index in [0.717, 1.165) is 26.4 Å². The number of hydrogen-bond donors (Lipinski definition) is 0. The number of rotatable bonds is 7. The number of carbonyl (C=O) groups excluding carboxylic acids is 1. The Morgan fingerprint density at radius 1 is 1.16 bits per heavy atom. The van der Waals surface area contributed by atoms with Crippen molar-refractivity contribution in [2.45, 2.75) is 24.8 Å². The van der Waals surface area contributed by atoms with Crippen LogP contribution in [-0.4, -0.2) is 21.6 Å². The number of nitrogens with zero attached hydrogens (tertiary/aromatic N) is 3. The maximum atomic E-state index is 13.2. The van der Waals surface area contributed by atoms with Crippen molar-refractivity contribution in [1.82, 2.24) is 9.97 Å². The summed E-state index contributed by atoms with van der Waals surface area (Å²) < 4.78 is 14.1. The van der Waals surface area contributed by atoms with Gasteiger partial charge in [-0.3, -0.25) is 14.7 Å². The number of amides is 1. The summed E-state index contributed by atoms with van der Waals surface area (Å²) in [6, 6.07) is 15.7. The molecule has 0 aliphatic rings. The van der Waals surface area contributed by atoms with Gasteiger partial charge >= 0.3 is 0 Å². The van der Waals surface area contributed by atoms with Crippen molar-refractivity contribution in [3.8, 4) is 0 Å². The van der Waals surface area contributed by atoms with Gasteiger partial charge in [0, 0.05) is 28.3 Å². The third-order valence-corrected chi connectivity index (χ3v) is 7.18. The van der Waals surface area contributed by atoms with E-state index in [1.165, 1.54) is 35.2 Å². The molecule has 0 radical (unpaired) electrons. The predicted molar refractivity (Wildman–Crippen MR) is 127 cm³/mol. The van der Waals surface area contributed by atoms with E-state index < -0.39 is 0 Å². The van der Waals surface area contributed by atoms with Crippen molar-refractivity contribution in [3.63, 3.8) is 0 Å². The second kappa shape index (κ2) is 9.77. The molecule has 4 aromatic rings. The van der Waals surface area contributed by atoms with Gasteiger partial charge in [0.05, 0.1) is 22.5 Å². The molecule has 0 spiro atoms. The van der Waals surface area contributed by atoms with E-state index in [9.17, 15) is 9.18 Å². The van der Waals surface area contributed by atoms with E-state index in [2.05, 4.69) is 4.98 Å². The molecule has 0 aliphatic heterocycles. The Labute approximate surface area is 193 Å².